The van der Waals surface area contributed by atoms with Crippen molar-refractivity contribution in [1.82, 2.24) is 0 Å². The highest BCUT2D eigenvalue weighted by molar-refractivity contribution is 5.40. The zero-order valence-corrected chi connectivity index (χ0v) is 7.97. The van der Waals surface area contributed by atoms with Crippen LogP contribution in [0.1, 0.15) is 5.56 Å². The van der Waals surface area contributed by atoms with E-state index in [4.69, 9.17) is 10.5 Å². The minimum Gasteiger partial charge on any atom is -0.496 e. The lowest BCUT2D eigenvalue weighted by Gasteiger charge is -2.11. The topological polar surface area (TPSA) is 44.5 Å². The maximum Gasteiger partial charge on any atom is 0.573 e. The number of rotatable bonds is 3. The lowest BCUT2D eigenvalue weighted by Crippen LogP contribution is -2.17. The molecule has 1 rings (SSSR count). The van der Waals surface area contributed by atoms with Crippen LogP contribution in [0.25, 0.3) is 0 Å². The number of ether oxygens (including phenoxy) is 2. The van der Waals surface area contributed by atoms with E-state index in [0.29, 0.717) is 11.3 Å². The van der Waals surface area contributed by atoms with Crippen LogP contribution in [0.2, 0.25) is 0 Å². The molecule has 0 saturated carbocycles. The first-order chi connectivity index (χ1) is 6.96. The van der Waals surface area contributed by atoms with Crippen LogP contribution in [-0.4, -0.2) is 13.5 Å². The zero-order chi connectivity index (χ0) is 11.5. The molecule has 0 aliphatic heterocycles. The van der Waals surface area contributed by atoms with Gasteiger partial charge in [0.25, 0.3) is 0 Å². The predicted molar refractivity (Wildman–Crippen MR) is 47.6 cm³/mol. The van der Waals surface area contributed by atoms with Crippen LogP contribution in [0.4, 0.5) is 13.2 Å². The Kier molecular flexibility index (Phi) is 3.41. The van der Waals surface area contributed by atoms with E-state index in [-0.39, 0.29) is 12.3 Å². The highest BCUT2D eigenvalue weighted by atomic mass is 19.4. The van der Waals surface area contributed by atoms with Gasteiger partial charge in [-0.3, -0.25) is 0 Å². The van der Waals surface area contributed by atoms with Crippen molar-refractivity contribution in [2.75, 3.05) is 7.11 Å². The van der Waals surface area contributed by atoms with Crippen molar-refractivity contribution in [3.05, 3.63) is 23.8 Å². The lowest BCUT2D eigenvalue weighted by atomic mass is 10.2. The summed E-state index contributed by atoms with van der Waals surface area (Å²) >= 11 is 0. The van der Waals surface area contributed by atoms with Crippen LogP contribution in [0.15, 0.2) is 18.2 Å². The van der Waals surface area contributed by atoms with E-state index in [1.165, 1.54) is 25.3 Å². The molecule has 0 heterocycles. The fourth-order valence-corrected chi connectivity index (χ4v) is 1.11. The molecule has 84 valence electrons. The molecule has 3 nitrogen and oxygen atoms in total. The van der Waals surface area contributed by atoms with Crippen LogP contribution < -0.4 is 15.2 Å². The third kappa shape index (κ3) is 3.32. The largest absolute Gasteiger partial charge is 0.573 e. The van der Waals surface area contributed by atoms with Crippen LogP contribution in [-0.2, 0) is 6.54 Å². The summed E-state index contributed by atoms with van der Waals surface area (Å²) in [5, 5.41) is 0. The quantitative estimate of drug-likeness (QED) is 0.849. The van der Waals surface area contributed by atoms with Crippen LogP contribution in [0.5, 0.6) is 11.5 Å². The molecule has 0 fully saturated rings. The standard InChI is InChI=1S/C9H10F3NO2/c1-14-8-3-2-7(4-6(8)5-13)15-9(10,11)12/h2-4H,5,13H2,1H3. The Hall–Kier alpha value is -1.43. The molecule has 0 saturated heterocycles. The molecule has 0 spiro atoms. The lowest BCUT2D eigenvalue weighted by molar-refractivity contribution is -0.274. The average Bonchev–Trinajstić information content (AvgIpc) is 2.15. The first-order valence-electron chi connectivity index (χ1n) is 4.09. The minimum absolute atomic E-state index is 0.0816. The van der Waals surface area contributed by atoms with Crippen molar-refractivity contribution < 1.29 is 22.6 Å². The number of hydrogen-bond donors (Lipinski definition) is 1. The summed E-state index contributed by atoms with van der Waals surface area (Å²) in [4.78, 5) is 0. The van der Waals surface area contributed by atoms with Gasteiger partial charge < -0.3 is 15.2 Å². The smallest absolute Gasteiger partial charge is 0.496 e. The van der Waals surface area contributed by atoms with Gasteiger partial charge in [0.15, 0.2) is 0 Å². The van der Waals surface area contributed by atoms with Crippen molar-refractivity contribution in [2.24, 2.45) is 5.73 Å². The first-order valence-corrected chi connectivity index (χ1v) is 4.09. The Morgan fingerprint density at radius 2 is 2.00 bits per heavy atom. The average molecular weight is 221 g/mol. The molecule has 0 radical (unpaired) electrons. The molecule has 0 aliphatic rings. The monoisotopic (exact) mass is 221 g/mol. The molecule has 1 aromatic rings. The van der Waals surface area contributed by atoms with Gasteiger partial charge in [0.2, 0.25) is 0 Å². The Morgan fingerprint density at radius 3 is 2.47 bits per heavy atom. The molecule has 0 aliphatic carbocycles. The first kappa shape index (κ1) is 11.6. The van der Waals surface area contributed by atoms with Crippen molar-refractivity contribution >= 4 is 0 Å². The zero-order valence-electron chi connectivity index (χ0n) is 7.97. The van der Waals surface area contributed by atoms with Crippen LogP contribution >= 0.6 is 0 Å². The van der Waals surface area contributed by atoms with Gasteiger partial charge in [-0.2, -0.15) is 0 Å². The van der Waals surface area contributed by atoms with Crippen molar-refractivity contribution in [2.45, 2.75) is 12.9 Å². The van der Waals surface area contributed by atoms with Gasteiger partial charge in [-0.15, -0.1) is 13.2 Å². The fourth-order valence-electron chi connectivity index (χ4n) is 1.11. The second-order valence-electron chi connectivity index (χ2n) is 2.73. The number of benzene rings is 1. The summed E-state index contributed by atoms with van der Waals surface area (Å²) in [5.74, 6) is 0.135. The summed E-state index contributed by atoms with van der Waals surface area (Å²) in [6.45, 7) is 0.0816. The molecule has 0 atom stereocenters. The second kappa shape index (κ2) is 4.39. The molecule has 0 amide bonds. The summed E-state index contributed by atoms with van der Waals surface area (Å²) in [7, 11) is 1.42. The summed E-state index contributed by atoms with van der Waals surface area (Å²) in [6.07, 6.45) is -4.69. The maximum atomic E-state index is 11.9. The molecule has 1 aromatic carbocycles. The summed E-state index contributed by atoms with van der Waals surface area (Å²) in [6, 6.07) is 3.75. The molecule has 0 bridgehead atoms. The van der Waals surface area contributed by atoms with E-state index < -0.39 is 6.36 Å². The van der Waals surface area contributed by atoms with E-state index in [1.54, 1.807) is 0 Å². The Balaban J connectivity index is 2.93. The van der Waals surface area contributed by atoms with Gasteiger partial charge >= 0.3 is 6.36 Å². The number of hydrogen-bond acceptors (Lipinski definition) is 3. The Labute approximate surface area is 84.6 Å². The minimum atomic E-state index is -4.69. The van der Waals surface area contributed by atoms with Gasteiger partial charge in [0.05, 0.1) is 7.11 Å². The van der Waals surface area contributed by atoms with Gasteiger partial charge in [-0.25, -0.2) is 0 Å². The van der Waals surface area contributed by atoms with Crippen molar-refractivity contribution in [1.29, 1.82) is 0 Å². The van der Waals surface area contributed by atoms with E-state index in [1.807, 2.05) is 0 Å². The normalized spacial score (nSPS) is 11.3. The molecule has 15 heavy (non-hydrogen) atoms. The van der Waals surface area contributed by atoms with E-state index in [0.717, 1.165) is 0 Å². The Bertz CT molecular complexity index is 339. The van der Waals surface area contributed by atoms with Gasteiger partial charge in [0, 0.05) is 12.1 Å². The van der Waals surface area contributed by atoms with Crippen molar-refractivity contribution in [3.8, 4) is 11.5 Å². The number of halogens is 3. The van der Waals surface area contributed by atoms with Gasteiger partial charge in [-0.05, 0) is 18.2 Å². The molecular weight excluding hydrogens is 211 g/mol. The SMILES string of the molecule is COc1ccc(OC(F)(F)F)cc1CN. The second-order valence-corrected chi connectivity index (χ2v) is 2.73. The highest BCUT2D eigenvalue weighted by Crippen LogP contribution is 2.27. The van der Waals surface area contributed by atoms with Crippen LogP contribution in [0, 0.1) is 0 Å². The number of methoxy groups -OCH3 is 1. The van der Waals surface area contributed by atoms with E-state index in [9.17, 15) is 13.2 Å². The highest BCUT2D eigenvalue weighted by Gasteiger charge is 2.31. The third-order valence-electron chi connectivity index (χ3n) is 1.71. The molecule has 0 aromatic heterocycles. The molecule has 0 unspecified atom stereocenters. The molecular formula is C9H10F3NO2. The van der Waals surface area contributed by atoms with E-state index >= 15 is 0 Å². The fraction of sp³-hybridized carbons (Fsp3) is 0.333. The molecule has 6 heteroatoms. The van der Waals surface area contributed by atoms with E-state index in [2.05, 4.69) is 4.74 Å². The Morgan fingerprint density at radius 1 is 1.33 bits per heavy atom. The maximum absolute atomic E-state index is 11.9. The number of alkyl halides is 3. The third-order valence-corrected chi connectivity index (χ3v) is 1.71. The van der Waals surface area contributed by atoms with Crippen molar-refractivity contribution in [3.63, 3.8) is 0 Å². The van der Waals surface area contributed by atoms with Gasteiger partial charge in [0.1, 0.15) is 11.5 Å². The molecule has 2 N–H and O–H groups in total. The number of nitrogens with two attached hydrogens (primary N) is 1. The summed E-state index contributed by atoms with van der Waals surface area (Å²) in [5.41, 5.74) is 5.80. The van der Waals surface area contributed by atoms with Gasteiger partial charge in [-0.1, -0.05) is 0 Å². The summed E-state index contributed by atoms with van der Waals surface area (Å²) < 4.78 is 44.3. The predicted octanol–water partition coefficient (Wildman–Crippen LogP) is 2.05. The van der Waals surface area contributed by atoms with Crippen LogP contribution in [0.3, 0.4) is 0 Å².